The van der Waals surface area contributed by atoms with Gasteiger partial charge in [0.15, 0.2) is 6.73 Å². The van der Waals surface area contributed by atoms with E-state index in [0.717, 1.165) is 0 Å². The highest BCUT2D eigenvalue weighted by molar-refractivity contribution is 6.00. The number of rotatable bonds is 6. The van der Waals surface area contributed by atoms with E-state index in [1.54, 1.807) is 18.2 Å². The van der Waals surface area contributed by atoms with Gasteiger partial charge in [-0.25, -0.2) is 14.8 Å². The van der Waals surface area contributed by atoms with Gasteiger partial charge in [-0.1, -0.05) is 12.1 Å². The second-order valence-electron chi connectivity index (χ2n) is 2.56. The molecule has 0 aliphatic heterocycles. The number of anilines is 1. The quantitative estimate of drug-likeness (QED) is 0.303. The molecule has 1 rings (SSSR count). The van der Waals surface area contributed by atoms with Crippen molar-refractivity contribution in [1.82, 2.24) is 0 Å². The molecule has 0 N–H and O–H groups in total. The van der Waals surface area contributed by atoms with Gasteiger partial charge < -0.3 is 4.65 Å². The lowest BCUT2D eigenvalue weighted by Gasteiger charge is -2.22. The Morgan fingerprint density at radius 2 is 2.00 bits per heavy atom. The standard InChI is InChI=1S/C9H12BNO4/c1-12-11(7-14-13-2)8-5-3-4-6-9(8)15-10/h3-6H,7H2,1-2H3. The van der Waals surface area contributed by atoms with Crippen LogP contribution in [0, 0.1) is 0 Å². The van der Waals surface area contributed by atoms with E-state index < -0.39 is 0 Å². The summed E-state index contributed by atoms with van der Waals surface area (Å²) in [7, 11) is 8.04. The molecule has 15 heavy (non-hydrogen) atoms. The fraction of sp³-hybridized carbons (Fsp3) is 0.333. The highest BCUT2D eigenvalue weighted by Crippen LogP contribution is 2.27. The van der Waals surface area contributed by atoms with Crippen LogP contribution < -0.4 is 9.72 Å². The number of hydroxylamine groups is 1. The smallest absolute Gasteiger partial charge is 0.374 e. The van der Waals surface area contributed by atoms with Crippen LogP contribution in [0.15, 0.2) is 24.3 Å². The van der Waals surface area contributed by atoms with Crippen LogP contribution in [0.4, 0.5) is 5.69 Å². The van der Waals surface area contributed by atoms with Crippen molar-refractivity contribution in [2.24, 2.45) is 0 Å². The minimum Gasteiger partial charge on any atom is -0.566 e. The zero-order valence-corrected chi connectivity index (χ0v) is 8.67. The third-order valence-electron chi connectivity index (χ3n) is 1.77. The van der Waals surface area contributed by atoms with Gasteiger partial charge in [0, 0.05) is 0 Å². The van der Waals surface area contributed by atoms with E-state index in [-0.39, 0.29) is 6.73 Å². The largest absolute Gasteiger partial charge is 0.566 e. The monoisotopic (exact) mass is 209 g/mol. The van der Waals surface area contributed by atoms with Gasteiger partial charge in [-0.2, -0.15) is 0 Å². The number of para-hydroxylation sites is 2. The molecule has 1 aromatic carbocycles. The first-order chi connectivity index (χ1) is 7.33. The topological polar surface area (TPSA) is 40.2 Å². The van der Waals surface area contributed by atoms with Gasteiger partial charge in [-0.3, -0.25) is 4.84 Å². The van der Waals surface area contributed by atoms with Crippen LogP contribution in [0.3, 0.4) is 0 Å². The number of benzene rings is 1. The minimum atomic E-state index is 0.105. The molecule has 0 aliphatic rings. The molecule has 6 heteroatoms. The third kappa shape index (κ3) is 3.12. The minimum absolute atomic E-state index is 0.105. The van der Waals surface area contributed by atoms with Gasteiger partial charge in [0.05, 0.1) is 14.2 Å². The number of nitrogens with zero attached hydrogens (tertiary/aromatic N) is 1. The highest BCUT2D eigenvalue weighted by atomic mass is 17.2. The van der Waals surface area contributed by atoms with Crippen molar-refractivity contribution in [3.63, 3.8) is 0 Å². The molecule has 0 aliphatic carbocycles. The van der Waals surface area contributed by atoms with Crippen molar-refractivity contribution in [1.29, 1.82) is 0 Å². The van der Waals surface area contributed by atoms with Crippen molar-refractivity contribution in [2.45, 2.75) is 0 Å². The molecule has 0 saturated heterocycles. The SMILES string of the molecule is [B]Oc1ccccc1N(COOC)OC. The van der Waals surface area contributed by atoms with Crippen LogP contribution in [0.25, 0.3) is 0 Å². The fourth-order valence-corrected chi connectivity index (χ4v) is 1.08. The molecule has 0 atom stereocenters. The van der Waals surface area contributed by atoms with Crippen molar-refractivity contribution in [2.75, 3.05) is 26.0 Å². The average molecular weight is 209 g/mol. The number of hydrogen-bond donors (Lipinski definition) is 0. The molecule has 0 bridgehead atoms. The summed E-state index contributed by atoms with van der Waals surface area (Å²) in [5.74, 6) is 0.485. The van der Waals surface area contributed by atoms with Crippen molar-refractivity contribution in [3.05, 3.63) is 24.3 Å². The second kappa shape index (κ2) is 6.29. The summed E-state index contributed by atoms with van der Waals surface area (Å²) < 4.78 is 4.69. The summed E-state index contributed by atoms with van der Waals surface area (Å²) in [4.78, 5) is 14.3. The van der Waals surface area contributed by atoms with E-state index in [2.05, 4.69) is 4.89 Å². The van der Waals surface area contributed by atoms with E-state index in [9.17, 15) is 0 Å². The molecule has 1 aromatic rings. The second-order valence-corrected chi connectivity index (χ2v) is 2.56. The van der Waals surface area contributed by atoms with Crippen molar-refractivity contribution < 1.29 is 19.3 Å². The molecule has 5 nitrogen and oxygen atoms in total. The molecule has 0 spiro atoms. The Morgan fingerprint density at radius 1 is 1.27 bits per heavy atom. The van der Waals surface area contributed by atoms with E-state index in [0.29, 0.717) is 11.4 Å². The predicted octanol–water partition coefficient (Wildman–Crippen LogP) is 1.05. The van der Waals surface area contributed by atoms with Crippen molar-refractivity contribution in [3.8, 4) is 5.75 Å². The van der Waals surface area contributed by atoms with Gasteiger partial charge in [0.25, 0.3) is 0 Å². The Kier molecular flexibility index (Phi) is 4.96. The predicted molar refractivity (Wildman–Crippen MR) is 55.3 cm³/mol. The van der Waals surface area contributed by atoms with E-state index in [1.165, 1.54) is 19.3 Å². The van der Waals surface area contributed by atoms with Crippen LogP contribution >= 0.6 is 0 Å². The Morgan fingerprint density at radius 3 is 2.60 bits per heavy atom. The first kappa shape index (κ1) is 11.8. The number of hydrogen-bond acceptors (Lipinski definition) is 5. The lowest BCUT2D eigenvalue weighted by molar-refractivity contribution is -0.280. The Labute approximate surface area is 89.8 Å². The van der Waals surface area contributed by atoms with Gasteiger partial charge in [-0.15, -0.1) is 0 Å². The van der Waals surface area contributed by atoms with E-state index >= 15 is 0 Å². The average Bonchev–Trinajstić information content (AvgIpc) is 2.30. The van der Waals surface area contributed by atoms with Gasteiger partial charge in [-0.05, 0) is 12.1 Å². The first-order valence-corrected chi connectivity index (χ1v) is 4.26. The normalized spacial score (nSPS) is 10.0. The molecule has 0 unspecified atom stereocenters. The van der Waals surface area contributed by atoms with Crippen LogP contribution in [0.1, 0.15) is 0 Å². The molecule has 0 fully saturated rings. The van der Waals surface area contributed by atoms with Crippen LogP contribution in [0.5, 0.6) is 5.75 Å². The summed E-state index contributed by atoms with van der Waals surface area (Å²) in [6, 6.07) is 7.13. The fourth-order valence-electron chi connectivity index (χ4n) is 1.08. The van der Waals surface area contributed by atoms with Crippen LogP contribution in [0.2, 0.25) is 0 Å². The van der Waals surface area contributed by atoms with Gasteiger partial charge >= 0.3 is 8.05 Å². The Bertz CT molecular complexity index is 297. The van der Waals surface area contributed by atoms with Crippen LogP contribution in [-0.2, 0) is 14.6 Å². The third-order valence-corrected chi connectivity index (χ3v) is 1.77. The lowest BCUT2D eigenvalue weighted by Crippen LogP contribution is -2.25. The zero-order valence-electron chi connectivity index (χ0n) is 8.67. The highest BCUT2D eigenvalue weighted by Gasteiger charge is 2.10. The van der Waals surface area contributed by atoms with Crippen molar-refractivity contribution >= 4 is 13.7 Å². The Balaban J connectivity index is 2.80. The summed E-state index contributed by atoms with van der Waals surface area (Å²) in [6.45, 7) is 0.105. The molecular formula is C9H12BNO4. The molecule has 0 heterocycles. The van der Waals surface area contributed by atoms with Crippen LogP contribution in [-0.4, -0.2) is 29.0 Å². The maximum atomic E-state index is 5.12. The lowest BCUT2D eigenvalue weighted by atomic mass is 10.3. The summed E-state index contributed by atoms with van der Waals surface area (Å²) in [6.07, 6.45) is 0. The van der Waals surface area contributed by atoms with E-state index in [1.807, 2.05) is 6.07 Å². The summed E-state index contributed by atoms with van der Waals surface area (Å²) in [5.41, 5.74) is 0.652. The summed E-state index contributed by atoms with van der Waals surface area (Å²) >= 11 is 0. The zero-order chi connectivity index (χ0) is 11.1. The van der Waals surface area contributed by atoms with Gasteiger partial charge in [0.1, 0.15) is 11.4 Å². The molecular weight excluding hydrogens is 197 g/mol. The molecule has 0 saturated carbocycles. The first-order valence-electron chi connectivity index (χ1n) is 4.26. The van der Waals surface area contributed by atoms with E-state index in [4.69, 9.17) is 22.4 Å². The molecule has 0 amide bonds. The molecule has 80 valence electrons. The molecule has 0 aromatic heterocycles. The summed E-state index contributed by atoms with van der Waals surface area (Å²) in [5, 5.41) is 1.44. The van der Waals surface area contributed by atoms with Gasteiger partial charge in [0.2, 0.25) is 0 Å². The maximum absolute atomic E-state index is 5.12. The molecule has 2 radical (unpaired) electrons. The maximum Gasteiger partial charge on any atom is 0.374 e. The Hall–Kier alpha value is -1.24.